The van der Waals surface area contributed by atoms with Gasteiger partial charge in [0.1, 0.15) is 0 Å². The van der Waals surface area contributed by atoms with E-state index in [4.69, 9.17) is 0 Å². The highest BCUT2D eigenvalue weighted by atomic mass is 19.4. The topological polar surface area (TPSA) is 35.5 Å². The van der Waals surface area contributed by atoms with E-state index >= 15 is 0 Å². The number of hydrogen-bond donors (Lipinski definition) is 0. The Bertz CT molecular complexity index is 543. The minimum Gasteiger partial charge on any atom is -0.397 e. The third-order valence-corrected chi connectivity index (χ3v) is 1.99. The van der Waals surface area contributed by atoms with Crippen LogP contribution in [0.15, 0.2) is 12.1 Å². The van der Waals surface area contributed by atoms with Crippen LogP contribution in [-0.4, -0.2) is 36.2 Å². The van der Waals surface area contributed by atoms with Crippen molar-refractivity contribution in [1.82, 2.24) is 0 Å². The average molecular weight is 410 g/mol. The zero-order chi connectivity index (χ0) is 20.6. The lowest BCUT2D eigenvalue weighted by molar-refractivity contribution is -0.421. The molecule has 0 radical (unpaired) electrons. The van der Waals surface area contributed by atoms with Gasteiger partial charge in [-0.25, -0.2) is 4.79 Å². The number of hydrogen-bond acceptors (Lipinski definition) is 3. The lowest BCUT2D eigenvalue weighted by atomic mass is 10.0. The van der Waals surface area contributed by atoms with E-state index in [-0.39, 0.29) is 0 Å². The van der Waals surface area contributed by atoms with Crippen LogP contribution < -0.4 is 0 Å². The Balaban J connectivity index is 5.94. The van der Waals surface area contributed by atoms with Gasteiger partial charge in [0.25, 0.3) is 0 Å². The third-order valence-electron chi connectivity index (χ3n) is 1.99. The molecule has 0 bridgehead atoms. The molecule has 0 unspecified atom stereocenters. The monoisotopic (exact) mass is 410 g/mol. The summed E-state index contributed by atoms with van der Waals surface area (Å²) in [4.78, 5) is 10.2. The lowest BCUT2D eigenvalue weighted by Crippen LogP contribution is -2.65. The standard InChI is InChI=1S/C8F14O3/c9-1(10)2(11)24-7(18,19)6(16,17)5(14,15)4(12,13)3(23)25-8(20,21)22. The fourth-order valence-electron chi connectivity index (χ4n) is 0.893. The van der Waals surface area contributed by atoms with Gasteiger partial charge in [0.2, 0.25) is 0 Å². The summed E-state index contributed by atoms with van der Waals surface area (Å²) < 4.78 is 175. The molecular weight excluding hydrogens is 410 g/mol. The van der Waals surface area contributed by atoms with Crippen LogP contribution in [0.4, 0.5) is 61.5 Å². The van der Waals surface area contributed by atoms with Crippen LogP contribution in [0.25, 0.3) is 0 Å². The van der Waals surface area contributed by atoms with E-state index in [1.165, 1.54) is 0 Å². The molecule has 0 spiro atoms. The number of rotatable bonds is 6. The summed E-state index contributed by atoms with van der Waals surface area (Å²) in [6.07, 6.45) is -17.5. The van der Waals surface area contributed by atoms with Crippen molar-refractivity contribution < 1.29 is 75.7 Å². The summed E-state index contributed by atoms with van der Waals surface area (Å²) in [5.74, 6) is -27.1. The van der Waals surface area contributed by atoms with Crippen molar-refractivity contribution in [3.8, 4) is 0 Å². The lowest BCUT2D eigenvalue weighted by Gasteiger charge is -2.34. The summed E-state index contributed by atoms with van der Waals surface area (Å²) in [6.45, 7) is 0. The molecule has 0 aliphatic heterocycles. The number of halogens is 14. The fraction of sp³-hybridized carbons (Fsp3) is 0.625. The van der Waals surface area contributed by atoms with Gasteiger partial charge < -0.3 is 9.47 Å². The fourth-order valence-corrected chi connectivity index (χ4v) is 0.893. The third kappa shape index (κ3) is 4.36. The van der Waals surface area contributed by atoms with Crippen LogP contribution in [0.1, 0.15) is 0 Å². The van der Waals surface area contributed by atoms with Gasteiger partial charge in [0.15, 0.2) is 0 Å². The van der Waals surface area contributed by atoms with Gasteiger partial charge in [-0.1, -0.05) is 0 Å². The van der Waals surface area contributed by atoms with Gasteiger partial charge >= 0.3 is 48.3 Å². The molecule has 0 N–H and O–H groups in total. The van der Waals surface area contributed by atoms with E-state index in [9.17, 15) is 66.3 Å². The second kappa shape index (κ2) is 6.40. The SMILES string of the molecule is O=C(OC(F)(F)F)C(F)(F)C(F)(F)C(F)(F)C(F)(F)OC(F)=C(F)F. The normalized spacial score (nSPS) is 14.2. The molecule has 17 heteroatoms. The molecule has 25 heavy (non-hydrogen) atoms. The molecule has 0 rings (SSSR count). The highest BCUT2D eigenvalue weighted by molar-refractivity contribution is 5.79. The summed E-state index contributed by atoms with van der Waals surface area (Å²) >= 11 is 0. The predicted molar refractivity (Wildman–Crippen MR) is 43.4 cm³/mol. The van der Waals surface area contributed by atoms with Crippen molar-refractivity contribution in [3.05, 3.63) is 12.1 Å². The first-order valence-corrected chi connectivity index (χ1v) is 4.92. The first kappa shape index (κ1) is 23.0. The maximum absolute atomic E-state index is 12.9. The molecule has 0 atom stereocenters. The highest BCUT2D eigenvalue weighted by Gasteiger charge is 2.85. The van der Waals surface area contributed by atoms with Crippen LogP contribution in [0.2, 0.25) is 0 Å². The Morgan fingerprint density at radius 2 is 1.04 bits per heavy atom. The number of carbonyl (C=O) groups excluding carboxylic acids is 1. The predicted octanol–water partition coefficient (Wildman–Crippen LogP) is 4.60. The molecule has 148 valence electrons. The molecule has 0 amide bonds. The molecule has 0 aromatic carbocycles. The van der Waals surface area contributed by atoms with Gasteiger partial charge in [-0.15, -0.1) is 13.2 Å². The van der Waals surface area contributed by atoms with Crippen LogP contribution in [0.5, 0.6) is 0 Å². The van der Waals surface area contributed by atoms with Crippen LogP contribution in [0.3, 0.4) is 0 Å². The Kier molecular flexibility index (Phi) is 5.89. The zero-order valence-corrected chi connectivity index (χ0v) is 10.5. The number of esters is 1. The summed E-state index contributed by atoms with van der Waals surface area (Å²) in [6, 6.07) is -3.89. The molecular formula is C8F14O3. The van der Waals surface area contributed by atoms with E-state index in [1.54, 1.807) is 4.74 Å². The van der Waals surface area contributed by atoms with Crippen molar-refractivity contribution in [2.75, 3.05) is 0 Å². The van der Waals surface area contributed by atoms with Crippen molar-refractivity contribution in [2.45, 2.75) is 30.2 Å². The van der Waals surface area contributed by atoms with E-state index in [2.05, 4.69) is 0 Å². The van der Waals surface area contributed by atoms with Crippen LogP contribution in [-0.2, 0) is 14.3 Å². The van der Waals surface area contributed by atoms with Crippen molar-refractivity contribution in [2.24, 2.45) is 0 Å². The second-order valence-electron chi connectivity index (χ2n) is 3.71. The number of ether oxygens (including phenoxy) is 2. The van der Waals surface area contributed by atoms with Crippen molar-refractivity contribution in [3.63, 3.8) is 0 Å². The molecule has 3 nitrogen and oxygen atoms in total. The minimum atomic E-state index is -7.71. The molecule has 0 aliphatic rings. The van der Waals surface area contributed by atoms with Gasteiger partial charge in [0.05, 0.1) is 0 Å². The Morgan fingerprint density at radius 1 is 0.640 bits per heavy atom. The molecule has 0 aromatic rings. The molecule has 0 saturated carbocycles. The molecule has 0 heterocycles. The number of alkyl halides is 11. The molecule has 0 fully saturated rings. The van der Waals surface area contributed by atoms with Crippen LogP contribution >= 0.6 is 0 Å². The Hall–Kier alpha value is -1.97. The van der Waals surface area contributed by atoms with Gasteiger partial charge in [-0.3, -0.25) is 0 Å². The maximum atomic E-state index is 12.9. The van der Waals surface area contributed by atoms with Gasteiger partial charge in [-0.05, 0) is 0 Å². The molecule has 0 aliphatic carbocycles. The first-order chi connectivity index (χ1) is 10.7. The second-order valence-corrected chi connectivity index (χ2v) is 3.71. The number of carbonyl (C=O) groups is 1. The maximum Gasteiger partial charge on any atom is 0.575 e. The minimum absolute atomic E-state index is 1.72. The quantitative estimate of drug-likeness (QED) is 0.365. The van der Waals surface area contributed by atoms with E-state index in [0.717, 1.165) is 0 Å². The Labute approximate surface area is 125 Å². The summed E-state index contributed by atoms with van der Waals surface area (Å²) in [7, 11) is 0. The highest BCUT2D eigenvalue weighted by Crippen LogP contribution is 2.54. The van der Waals surface area contributed by atoms with E-state index in [1.807, 2.05) is 4.74 Å². The summed E-state index contributed by atoms with van der Waals surface area (Å²) in [5.41, 5.74) is 0. The van der Waals surface area contributed by atoms with Crippen LogP contribution in [0, 0.1) is 0 Å². The molecule has 0 aromatic heterocycles. The van der Waals surface area contributed by atoms with Crippen molar-refractivity contribution >= 4 is 5.97 Å². The largest absolute Gasteiger partial charge is 0.575 e. The van der Waals surface area contributed by atoms with Gasteiger partial charge in [0, 0.05) is 0 Å². The average Bonchev–Trinajstić information content (AvgIpc) is 2.34. The molecule has 0 saturated heterocycles. The smallest absolute Gasteiger partial charge is 0.397 e. The van der Waals surface area contributed by atoms with Gasteiger partial charge in [-0.2, -0.15) is 48.3 Å². The summed E-state index contributed by atoms with van der Waals surface area (Å²) in [5, 5.41) is 0. The van der Waals surface area contributed by atoms with E-state index < -0.39 is 48.3 Å². The zero-order valence-electron chi connectivity index (χ0n) is 10.5. The van der Waals surface area contributed by atoms with E-state index in [0.29, 0.717) is 0 Å². The Morgan fingerprint density at radius 3 is 1.36 bits per heavy atom. The van der Waals surface area contributed by atoms with Crippen molar-refractivity contribution in [1.29, 1.82) is 0 Å². The first-order valence-electron chi connectivity index (χ1n) is 4.92.